The van der Waals surface area contributed by atoms with E-state index in [1.54, 1.807) is 24.3 Å². The number of hydrogen-bond donors (Lipinski definition) is 1. The Kier molecular flexibility index (Phi) is 4.64. The van der Waals surface area contributed by atoms with E-state index >= 15 is 0 Å². The van der Waals surface area contributed by atoms with Gasteiger partial charge in [-0.25, -0.2) is 0 Å². The molecule has 2 aliphatic rings. The minimum atomic E-state index is -0.0119. The van der Waals surface area contributed by atoms with Crippen LogP contribution in [-0.4, -0.2) is 60.9 Å². The minimum Gasteiger partial charge on any atom is -0.341 e. The number of amides is 2. The summed E-state index contributed by atoms with van der Waals surface area (Å²) in [4.78, 5) is 28.5. The fourth-order valence-corrected chi connectivity index (χ4v) is 3.06. The lowest BCUT2D eigenvalue weighted by Gasteiger charge is -2.31. The molecular formula is C16H20ClN3O2. The van der Waals surface area contributed by atoms with Gasteiger partial charge in [0, 0.05) is 49.9 Å². The quantitative estimate of drug-likeness (QED) is 0.891. The van der Waals surface area contributed by atoms with Crippen molar-refractivity contribution in [3.8, 4) is 0 Å². The average Bonchev–Trinajstić information content (AvgIpc) is 2.70. The first-order chi connectivity index (χ1) is 10.6. The summed E-state index contributed by atoms with van der Waals surface area (Å²) >= 11 is 5.95. The predicted octanol–water partition coefficient (Wildman–Crippen LogP) is 1.23. The Morgan fingerprint density at radius 1 is 1.09 bits per heavy atom. The lowest BCUT2D eigenvalue weighted by molar-refractivity contribution is -0.136. The van der Waals surface area contributed by atoms with Gasteiger partial charge in [0.1, 0.15) is 0 Å². The Morgan fingerprint density at radius 3 is 2.50 bits per heavy atom. The summed E-state index contributed by atoms with van der Waals surface area (Å²) in [6.45, 7) is 4.16. The van der Waals surface area contributed by atoms with Gasteiger partial charge in [0.05, 0.1) is 5.92 Å². The Bertz CT molecular complexity index is 574. The maximum absolute atomic E-state index is 12.5. The molecule has 0 saturated carbocycles. The van der Waals surface area contributed by atoms with Crippen molar-refractivity contribution in [2.24, 2.45) is 5.92 Å². The predicted molar refractivity (Wildman–Crippen MR) is 84.9 cm³/mol. The van der Waals surface area contributed by atoms with Gasteiger partial charge in [-0.1, -0.05) is 17.7 Å². The number of nitrogens with one attached hydrogen (secondary N) is 1. The number of benzene rings is 1. The third kappa shape index (κ3) is 3.25. The van der Waals surface area contributed by atoms with Crippen LogP contribution in [0.15, 0.2) is 24.3 Å². The van der Waals surface area contributed by atoms with Gasteiger partial charge in [-0.2, -0.15) is 0 Å². The molecule has 0 aromatic heterocycles. The monoisotopic (exact) mass is 321 g/mol. The smallest absolute Gasteiger partial charge is 0.253 e. The molecule has 0 atom stereocenters. The molecule has 0 aliphatic carbocycles. The summed E-state index contributed by atoms with van der Waals surface area (Å²) < 4.78 is 0. The average molecular weight is 322 g/mol. The molecule has 0 spiro atoms. The van der Waals surface area contributed by atoms with Gasteiger partial charge in [0.15, 0.2) is 0 Å². The highest BCUT2D eigenvalue weighted by Gasteiger charge is 2.30. The first-order valence-corrected chi connectivity index (χ1v) is 8.07. The summed E-state index contributed by atoms with van der Waals surface area (Å²) in [6, 6.07) is 7.01. The van der Waals surface area contributed by atoms with Gasteiger partial charge < -0.3 is 15.1 Å². The SMILES string of the molecule is O=C(c1cccc(Cl)c1)N1CCCN(C(=O)C2CNC2)CC1. The van der Waals surface area contributed by atoms with Gasteiger partial charge in [-0.3, -0.25) is 9.59 Å². The van der Waals surface area contributed by atoms with Crippen LogP contribution in [0.25, 0.3) is 0 Å². The van der Waals surface area contributed by atoms with Crippen LogP contribution in [0.2, 0.25) is 5.02 Å². The van der Waals surface area contributed by atoms with Crippen molar-refractivity contribution >= 4 is 23.4 Å². The molecule has 2 saturated heterocycles. The van der Waals surface area contributed by atoms with E-state index in [-0.39, 0.29) is 17.7 Å². The third-order valence-corrected chi connectivity index (χ3v) is 4.53. The molecule has 1 N–H and O–H groups in total. The number of nitrogens with zero attached hydrogens (tertiary/aromatic N) is 2. The molecule has 118 valence electrons. The molecule has 3 rings (SSSR count). The number of hydrogen-bond acceptors (Lipinski definition) is 3. The van der Waals surface area contributed by atoms with Crippen LogP contribution >= 0.6 is 11.6 Å². The van der Waals surface area contributed by atoms with Crippen LogP contribution in [0.1, 0.15) is 16.8 Å². The Labute approximate surface area is 135 Å². The Morgan fingerprint density at radius 2 is 1.82 bits per heavy atom. The van der Waals surface area contributed by atoms with Crippen LogP contribution in [0.5, 0.6) is 0 Å². The molecule has 0 radical (unpaired) electrons. The molecule has 0 bridgehead atoms. The molecule has 22 heavy (non-hydrogen) atoms. The first kappa shape index (κ1) is 15.3. The largest absolute Gasteiger partial charge is 0.341 e. The Hall–Kier alpha value is -1.59. The molecule has 1 aromatic carbocycles. The van der Waals surface area contributed by atoms with Crippen molar-refractivity contribution in [3.05, 3.63) is 34.9 Å². The summed E-state index contributed by atoms with van der Waals surface area (Å²) in [5.74, 6) is 0.327. The van der Waals surface area contributed by atoms with E-state index in [1.165, 1.54) is 0 Å². The van der Waals surface area contributed by atoms with Crippen molar-refractivity contribution in [1.82, 2.24) is 15.1 Å². The highest BCUT2D eigenvalue weighted by Crippen LogP contribution is 2.16. The summed E-state index contributed by atoms with van der Waals surface area (Å²) in [5, 5.41) is 3.69. The summed E-state index contributed by atoms with van der Waals surface area (Å²) in [6.07, 6.45) is 0.818. The van der Waals surface area contributed by atoms with Gasteiger partial charge in [0.2, 0.25) is 5.91 Å². The fourth-order valence-electron chi connectivity index (χ4n) is 2.87. The standard InChI is InChI=1S/C16H20ClN3O2/c17-14-4-1-3-12(9-14)15(21)19-5-2-6-20(8-7-19)16(22)13-10-18-11-13/h1,3-4,9,13,18H,2,5-8,10-11H2. The van der Waals surface area contributed by atoms with E-state index in [0.717, 1.165) is 26.1 Å². The normalized spacial score (nSPS) is 19.5. The highest BCUT2D eigenvalue weighted by atomic mass is 35.5. The highest BCUT2D eigenvalue weighted by molar-refractivity contribution is 6.30. The molecule has 1 aromatic rings. The van der Waals surface area contributed by atoms with E-state index in [1.807, 2.05) is 9.80 Å². The molecule has 0 unspecified atom stereocenters. The zero-order valence-electron chi connectivity index (χ0n) is 12.4. The zero-order valence-corrected chi connectivity index (χ0v) is 13.2. The molecule has 5 nitrogen and oxygen atoms in total. The van der Waals surface area contributed by atoms with Gasteiger partial charge in [-0.05, 0) is 24.6 Å². The summed E-state index contributed by atoms with van der Waals surface area (Å²) in [7, 11) is 0. The molecule has 6 heteroatoms. The van der Waals surface area contributed by atoms with Crippen LogP contribution in [0.4, 0.5) is 0 Å². The molecule has 2 fully saturated rings. The fraction of sp³-hybridized carbons (Fsp3) is 0.500. The van der Waals surface area contributed by atoms with E-state index in [9.17, 15) is 9.59 Å². The topological polar surface area (TPSA) is 52.7 Å². The van der Waals surface area contributed by atoms with Crippen LogP contribution < -0.4 is 5.32 Å². The van der Waals surface area contributed by atoms with Crippen LogP contribution in [-0.2, 0) is 4.79 Å². The van der Waals surface area contributed by atoms with Gasteiger partial charge in [-0.15, -0.1) is 0 Å². The maximum Gasteiger partial charge on any atom is 0.253 e. The number of carbonyl (C=O) groups is 2. The Balaban J connectivity index is 1.62. The first-order valence-electron chi connectivity index (χ1n) is 7.69. The molecule has 2 heterocycles. The van der Waals surface area contributed by atoms with Crippen LogP contribution in [0, 0.1) is 5.92 Å². The lowest BCUT2D eigenvalue weighted by Crippen LogP contribution is -2.52. The second-order valence-electron chi connectivity index (χ2n) is 5.84. The lowest BCUT2D eigenvalue weighted by atomic mass is 10.0. The second-order valence-corrected chi connectivity index (χ2v) is 6.27. The van der Waals surface area contributed by atoms with E-state index in [0.29, 0.717) is 30.2 Å². The van der Waals surface area contributed by atoms with Crippen LogP contribution in [0.3, 0.4) is 0 Å². The van der Waals surface area contributed by atoms with E-state index in [4.69, 9.17) is 11.6 Å². The van der Waals surface area contributed by atoms with Gasteiger partial charge >= 0.3 is 0 Å². The minimum absolute atomic E-state index is 0.0119. The third-order valence-electron chi connectivity index (χ3n) is 4.30. The van der Waals surface area contributed by atoms with E-state index in [2.05, 4.69) is 5.32 Å². The number of rotatable bonds is 2. The van der Waals surface area contributed by atoms with Crippen molar-refractivity contribution in [1.29, 1.82) is 0 Å². The van der Waals surface area contributed by atoms with Crippen molar-refractivity contribution in [3.63, 3.8) is 0 Å². The number of halogens is 1. The zero-order chi connectivity index (χ0) is 15.5. The second kappa shape index (κ2) is 6.67. The summed E-state index contributed by atoms with van der Waals surface area (Å²) in [5.41, 5.74) is 0.607. The van der Waals surface area contributed by atoms with E-state index < -0.39 is 0 Å². The van der Waals surface area contributed by atoms with Crippen molar-refractivity contribution in [2.75, 3.05) is 39.3 Å². The number of carbonyl (C=O) groups excluding carboxylic acids is 2. The maximum atomic E-state index is 12.5. The molecule has 2 aliphatic heterocycles. The van der Waals surface area contributed by atoms with Crippen molar-refractivity contribution < 1.29 is 9.59 Å². The molecule has 2 amide bonds. The molecular weight excluding hydrogens is 302 g/mol. The van der Waals surface area contributed by atoms with Crippen molar-refractivity contribution in [2.45, 2.75) is 6.42 Å². The van der Waals surface area contributed by atoms with Gasteiger partial charge in [0.25, 0.3) is 5.91 Å².